The lowest BCUT2D eigenvalue weighted by Crippen LogP contribution is -2.37. The standard InChI is InChI=1S/C28H41FO2/c1-19(13-9-15-21(3)29)11-8-12-20(2)14-10-17-28(7)18-16-25-24(6)26(30)22(4)23(5)27(25)31-28/h11,14-15,30H,8-10,12-13,16-18H2,1-7H3/b19-11+,20-14+,21-15-/t28-/m0/s1. The monoisotopic (exact) mass is 428 g/mol. The molecule has 0 spiro atoms. The molecule has 1 aromatic carbocycles. The number of hydrogen-bond acceptors (Lipinski definition) is 2. The maximum Gasteiger partial charge on any atom is 0.127 e. The van der Waals surface area contributed by atoms with E-state index in [1.165, 1.54) is 23.6 Å². The molecule has 0 aliphatic carbocycles. The Morgan fingerprint density at radius 3 is 2.13 bits per heavy atom. The van der Waals surface area contributed by atoms with E-state index in [9.17, 15) is 9.50 Å². The Kier molecular flexibility index (Phi) is 8.97. The molecular weight excluding hydrogens is 387 g/mol. The van der Waals surface area contributed by atoms with Crippen LogP contribution in [0.15, 0.2) is 35.2 Å². The molecule has 0 saturated carbocycles. The second-order valence-electron chi connectivity index (χ2n) is 9.59. The van der Waals surface area contributed by atoms with Gasteiger partial charge in [0.2, 0.25) is 0 Å². The van der Waals surface area contributed by atoms with Crippen molar-refractivity contribution in [2.75, 3.05) is 0 Å². The highest BCUT2D eigenvalue weighted by Gasteiger charge is 2.33. The van der Waals surface area contributed by atoms with Gasteiger partial charge in [-0.05, 0) is 117 Å². The van der Waals surface area contributed by atoms with Crippen LogP contribution in [-0.4, -0.2) is 10.7 Å². The van der Waals surface area contributed by atoms with E-state index in [0.717, 1.165) is 73.8 Å². The molecule has 31 heavy (non-hydrogen) atoms. The summed E-state index contributed by atoms with van der Waals surface area (Å²) < 4.78 is 19.3. The SMILES string of the molecule is C/C(F)=C/CC/C(C)=C/CC/C(C)=C/CC[C@@]1(C)CCc2c(C)c(O)c(C)c(C)c2O1. The lowest BCUT2D eigenvalue weighted by molar-refractivity contribution is 0.0558. The molecule has 0 fully saturated rings. The van der Waals surface area contributed by atoms with Gasteiger partial charge in [0, 0.05) is 5.56 Å². The lowest BCUT2D eigenvalue weighted by atomic mass is 9.85. The molecule has 0 aromatic heterocycles. The minimum Gasteiger partial charge on any atom is -0.507 e. The third-order valence-electron chi connectivity index (χ3n) is 6.75. The molecule has 172 valence electrons. The Morgan fingerprint density at radius 1 is 0.935 bits per heavy atom. The van der Waals surface area contributed by atoms with Gasteiger partial charge in [0.05, 0.1) is 5.83 Å². The Labute approximate surface area is 188 Å². The zero-order valence-corrected chi connectivity index (χ0v) is 20.6. The molecule has 0 saturated heterocycles. The van der Waals surface area contributed by atoms with Crippen LogP contribution in [0.3, 0.4) is 0 Å². The zero-order chi connectivity index (χ0) is 23.2. The molecular formula is C28H41FO2. The Hall–Kier alpha value is -2.03. The normalized spacial score (nSPS) is 19.9. The second kappa shape index (κ2) is 11.0. The van der Waals surface area contributed by atoms with Gasteiger partial charge in [-0.1, -0.05) is 29.4 Å². The smallest absolute Gasteiger partial charge is 0.127 e. The van der Waals surface area contributed by atoms with Crippen LogP contribution in [0.5, 0.6) is 11.5 Å². The van der Waals surface area contributed by atoms with Crippen molar-refractivity contribution in [3.63, 3.8) is 0 Å². The van der Waals surface area contributed by atoms with E-state index < -0.39 is 0 Å². The van der Waals surface area contributed by atoms with Gasteiger partial charge in [0.1, 0.15) is 17.1 Å². The molecule has 0 amide bonds. The van der Waals surface area contributed by atoms with E-state index >= 15 is 0 Å². The summed E-state index contributed by atoms with van der Waals surface area (Å²) in [5, 5.41) is 10.4. The topological polar surface area (TPSA) is 29.5 Å². The Balaban J connectivity index is 1.88. The van der Waals surface area contributed by atoms with Gasteiger partial charge < -0.3 is 9.84 Å². The summed E-state index contributed by atoms with van der Waals surface area (Å²) in [5.41, 5.74) is 6.71. The van der Waals surface area contributed by atoms with Crippen LogP contribution in [0.2, 0.25) is 0 Å². The predicted octanol–water partition coefficient (Wildman–Crippen LogP) is 8.51. The quantitative estimate of drug-likeness (QED) is 0.399. The number of ether oxygens (including phenoxy) is 1. The highest BCUT2D eigenvalue weighted by Crippen LogP contribution is 2.44. The van der Waals surface area contributed by atoms with E-state index in [1.54, 1.807) is 6.08 Å². The lowest BCUT2D eigenvalue weighted by Gasteiger charge is -2.38. The largest absolute Gasteiger partial charge is 0.507 e. The number of phenols is 1. The molecule has 1 atom stereocenters. The minimum atomic E-state index is -0.164. The zero-order valence-electron chi connectivity index (χ0n) is 20.6. The summed E-state index contributed by atoms with van der Waals surface area (Å²) in [4.78, 5) is 0. The van der Waals surface area contributed by atoms with Crippen molar-refractivity contribution in [2.45, 2.75) is 105 Å². The molecule has 0 bridgehead atoms. The van der Waals surface area contributed by atoms with Gasteiger partial charge in [-0.15, -0.1) is 0 Å². The fourth-order valence-corrected chi connectivity index (χ4v) is 4.34. The average molecular weight is 429 g/mol. The van der Waals surface area contributed by atoms with Crippen LogP contribution in [-0.2, 0) is 6.42 Å². The highest BCUT2D eigenvalue weighted by atomic mass is 19.1. The van der Waals surface area contributed by atoms with Crippen LogP contribution in [0, 0.1) is 20.8 Å². The van der Waals surface area contributed by atoms with Crippen molar-refractivity contribution >= 4 is 0 Å². The molecule has 1 N–H and O–H groups in total. The number of aromatic hydroxyl groups is 1. The third-order valence-corrected chi connectivity index (χ3v) is 6.75. The molecule has 1 aromatic rings. The van der Waals surface area contributed by atoms with E-state index in [-0.39, 0.29) is 11.4 Å². The maximum atomic E-state index is 12.7. The molecule has 2 nitrogen and oxygen atoms in total. The van der Waals surface area contributed by atoms with E-state index in [2.05, 4.69) is 32.9 Å². The predicted molar refractivity (Wildman–Crippen MR) is 130 cm³/mol. The van der Waals surface area contributed by atoms with Crippen molar-refractivity contribution in [1.82, 2.24) is 0 Å². The van der Waals surface area contributed by atoms with Gasteiger partial charge in [-0.25, -0.2) is 4.39 Å². The fraction of sp³-hybridized carbons (Fsp3) is 0.571. The van der Waals surface area contributed by atoms with Crippen LogP contribution in [0.25, 0.3) is 0 Å². The molecule has 0 radical (unpaired) electrons. The number of benzene rings is 1. The minimum absolute atomic E-state index is 0.0933. The average Bonchev–Trinajstić information content (AvgIpc) is 2.70. The summed E-state index contributed by atoms with van der Waals surface area (Å²) in [5.74, 6) is 1.31. The third kappa shape index (κ3) is 6.98. The first-order chi connectivity index (χ1) is 14.5. The first-order valence-electron chi connectivity index (χ1n) is 11.7. The van der Waals surface area contributed by atoms with Gasteiger partial charge in [0.15, 0.2) is 0 Å². The number of hydrogen-bond donors (Lipinski definition) is 1. The number of phenolic OH excluding ortho intramolecular Hbond substituents is 1. The molecule has 2 rings (SSSR count). The second-order valence-corrected chi connectivity index (χ2v) is 9.59. The first kappa shape index (κ1) is 25.2. The Bertz CT molecular complexity index is 872. The Morgan fingerprint density at radius 2 is 1.52 bits per heavy atom. The summed E-state index contributed by atoms with van der Waals surface area (Å²) in [6, 6.07) is 0. The van der Waals surface area contributed by atoms with Crippen molar-refractivity contribution in [3.8, 4) is 11.5 Å². The van der Waals surface area contributed by atoms with Crippen molar-refractivity contribution in [2.24, 2.45) is 0 Å². The van der Waals surface area contributed by atoms with E-state index in [0.29, 0.717) is 5.75 Å². The number of fused-ring (bicyclic) bond motifs is 1. The summed E-state index contributed by atoms with van der Waals surface area (Å²) in [7, 11) is 0. The maximum absolute atomic E-state index is 12.7. The number of allylic oxidation sites excluding steroid dienone is 6. The van der Waals surface area contributed by atoms with E-state index in [1.807, 2.05) is 20.8 Å². The molecule has 1 heterocycles. The highest BCUT2D eigenvalue weighted by molar-refractivity contribution is 5.58. The van der Waals surface area contributed by atoms with Crippen LogP contribution in [0.4, 0.5) is 4.39 Å². The summed E-state index contributed by atoms with van der Waals surface area (Å²) in [6.07, 6.45) is 14.0. The first-order valence-corrected chi connectivity index (χ1v) is 11.7. The van der Waals surface area contributed by atoms with Gasteiger partial charge in [0.25, 0.3) is 0 Å². The van der Waals surface area contributed by atoms with Crippen molar-refractivity contribution in [1.29, 1.82) is 0 Å². The van der Waals surface area contributed by atoms with Crippen molar-refractivity contribution < 1.29 is 14.2 Å². The number of halogens is 1. The molecule has 3 heteroatoms. The van der Waals surface area contributed by atoms with E-state index in [4.69, 9.17) is 4.74 Å². The van der Waals surface area contributed by atoms with Gasteiger partial charge in [-0.3, -0.25) is 0 Å². The van der Waals surface area contributed by atoms with Crippen molar-refractivity contribution in [3.05, 3.63) is 57.5 Å². The number of rotatable bonds is 9. The van der Waals surface area contributed by atoms with Crippen LogP contribution < -0.4 is 4.74 Å². The fourth-order valence-electron chi connectivity index (χ4n) is 4.34. The van der Waals surface area contributed by atoms with Gasteiger partial charge >= 0.3 is 0 Å². The molecule has 1 aliphatic heterocycles. The van der Waals surface area contributed by atoms with Gasteiger partial charge in [-0.2, -0.15) is 0 Å². The van der Waals surface area contributed by atoms with Crippen LogP contribution >= 0.6 is 0 Å². The summed E-state index contributed by atoms with van der Waals surface area (Å²) >= 11 is 0. The summed E-state index contributed by atoms with van der Waals surface area (Å²) in [6.45, 7) is 14.1. The molecule has 1 aliphatic rings. The van der Waals surface area contributed by atoms with Crippen LogP contribution in [0.1, 0.15) is 94.9 Å². The molecule has 0 unspecified atom stereocenters.